The molecule has 2 heterocycles. The van der Waals surface area contributed by atoms with Crippen molar-refractivity contribution in [3.63, 3.8) is 0 Å². The SMILES string of the molecule is [2H]c1c([2H])c([2H])c(-c2ccnc(-c3[c-]c(-c4cccc5c4nc(-c4cc(C(C([2H])([2H])[2H])(C([2H])([2H])[2H])C([2H])([2H])[2H])cc(C(C([2H])([2H])[2H])(C([2H])([2H])[2H])C([2H])([2H])[2H])c4O)n5-c4ccc(CC(C)C)cc4-c4ccccc4)cc(C(C)(C)C)c3)c2)c([2H])c1[2H].[Pt]. The minimum absolute atomic E-state index is 0. The van der Waals surface area contributed by atoms with E-state index >= 15 is 0 Å². The topological polar surface area (TPSA) is 50.9 Å². The van der Waals surface area contributed by atoms with Gasteiger partial charge in [-0.3, -0.25) is 9.55 Å². The summed E-state index contributed by atoms with van der Waals surface area (Å²) in [4.78, 5) is 9.78. The van der Waals surface area contributed by atoms with Gasteiger partial charge < -0.3 is 5.11 Å². The van der Waals surface area contributed by atoms with Crippen molar-refractivity contribution in [1.82, 2.24) is 14.5 Å². The van der Waals surface area contributed by atoms with E-state index in [0.29, 0.717) is 45.9 Å². The van der Waals surface area contributed by atoms with Crippen LogP contribution in [0.3, 0.4) is 0 Å². The van der Waals surface area contributed by atoms with Gasteiger partial charge in [-0.1, -0.05) is 178 Å². The third-order valence-electron chi connectivity index (χ3n) is 10.8. The van der Waals surface area contributed by atoms with Crippen LogP contribution in [-0.2, 0) is 43.7 Å². The fraction of sp³-hybridized carbons (Fsp3) is 0.276. The van der Waals surface area contributed by atoms with Crippen molar-refractivity contribution >= 4 is 11.0 Å². The fourth-order valence-electron chi connectivity index (χ4n) is 7.69. The summed E-state index contributed by atoms with van der Waals surface area (Å²) in [7, 11) is 0. The second-order valence-electron chi connectivity index (χ2n) is 17.1. The summed E-state index contributed by atoms with van der Waals surface area (Å²) in [6.45, 7) is -14.9. The number of aromatic hydroxyl groups is 1. The van der Waals surface area contributed by atoms with Crippen molar-refractivity contribution < 1.29 is 57.7 Å². The third-order valence-corrected chi connectivity index (χ3v) is 10.8. The molecule has 0 aliphatic carbocycles. The van der Waals surface area contributed by atoms with Gasteiger partial charge in [-0.25, -0.2) is 4.98 Å². The van der Waals surface area contributed by atoms with Crippen molar-refractivity contribution in [3.05, 3.63) is 168 Å². The van der Waals surface area contributed by atoms with E-state index in [9.17, 15) is 5.11 Å². The minimum Gasteiger partial charge on any atom is -0.507 e. The molecule has 0 bridgehead atoms. The number of imidazole rings is 1. The molecule has 8 aromatic rings. The van der Waals surface area contributed by atoms with Gasteiger partial charge in [0.15, 0.2) is 0 Å². The molecule has 0 aliphatic heterocycles. The molecule has 0 fully saturated rings. The van der Waals surface area contributed by atoms with Crippen molar-refractivity contribution in [2.45, 2.75) is 98.4 Å². The second kappa shape index (κ2) is 17.5. The first-order chi connectivity index (χ1) is 38.9. The maximum absolute atomic E-state index is 13.1. The maximum atomic E-state index is 13.1. The van der Waals surface area contributed by atoms with E-state index in [1.807, 2.05) is 71.0 Å². The number of phenolic OH excluding ortho intramolecular Hbond substituents is 1. The first-order valence-corrected chi connectivity index (χ1v) is 20.1. The summed E-state index contributed by atoms with van der Waals surface area (Å²) in [5.41, 5.74) is -7.84. The molecule has 6 aromatic carbocycles. The Morgan fingerprint density at radius 1 is 0.683 bits per heavy atom. The van der Waals surface area contributed by atoms with Crippen LogP contribution >= 0.6 is 0 Å². The summed E-state index contributed by atoms with van der Waals surface area (Å²) in [5.74, 6) is -1.74. The maximum Gasteiger partial charge on any atom is 0.148 e. The third kappa shape index (κ3) is 9.39. The van der Waals surface area contributed by atoms with Crippen molar-refractivity contribution in [1.29, 1.82) is 0 Å². The first kappa shape index (κ1) is 24.5. The molecule has 1 N–H and O–H groups in total. The number of para-hydroxylation sites is 1. The Morgan fingerprint density at radius 3 is 2.10 bits per heavy atom. The van der Waals surface area contributed by atoms with Crippen LogP contribution in [-0.4, -0.2) is 19.6 Å². The van der Waals surface area contributed by atoms with Crippen LogP contribution in [0.25, 0.3) is 72.7 Å². The van der Waals surface area contributed by atoms with Gasteiger partial charge in [0.25, 0.3) is 0 Å². The summed E-state index contributed by atoms with van der Waals surface area (Å²) >= 11 is 0. The number of benzene rings is 6. The number of fused-ring (bicyclic) bond motifs is 1. The number of hydrogen-bond acceptors (Lipinski definition) is 3. The zero-order valence-corrected chi connectivity index (χ0v) is 37.6. The number of hydrogen-bond donors (Lipinski definition) is 1. The normalized spacial score (nSPS) is 18.7. The zero-order chi connectivity index (χ0) is 63.5. The predicted molar refractivity (Wildman–Crippen MR) is 261 cm³/mol. The Bertz CT molecular complexity index is 3780. The Hall–Kier alpha value is -5.57. The molecule has 0 spiro atoms. The van der Waals surface area contributed by atoms with Crippen molar-refractivity contribution in [2.24, 2.45) is 5.92 Å². The summed E-state index contributed by atoms with van der Waals surface area (Å²) in [6.07, 6.45) is 2.00. The molecule has 0 atom stereocenters. The van der Waals surface area contributed by atoms with E-state index < -0.39 is 116 Å². The molecule has 5 heteroatoms. The molecule has 0 radical (unpaired) electrons. The summed E-state index contributed by atoms with van der Waals surface area (Å²) < 4.78 is 202. The van der Waals surface area contributed by atoms with Crippen LogP contribution in [0.5, 0.6) is 5.75 Å². The molecule has 0 amide bonds. The monoisotopic (exact) mass is 1030 g/mol. The zero-order valence-electron chi connectivity index (χ0n) is 58.3. The Labute approximate surface area is 422 Å². The molecule has 4 nitrogen and oxygen atoms in total. The van der Waals surface area contributed by atoms with Crippen LogP contribution < -0.4 is 0 Å². The fourth-order valence-corrected chi connectivity index (χ4v) is 7.69. The van der Waals surface area contributed by atoms with Gasteiger partial charge in [0, 0.05) is 68.8 Å². The molecule has 8 rings (SSSR count). The van der Waals surface area contributed by atoms with E-state index in [-0.39, 0.29) is 66.6 Å². The molecular weight excluding hydrogens is 950 g/mol. The Balaban J connectivity index is 0.0000106. The van der Waals surface area contributed by atoms with Crippen molar-refractivity contribution in [3.8, 4) is 67.5 Å². The molecule has 2 aromatic heterocycles. The largest absolute Gasteiger partial charge is 0.507 e. The summed E-state index contributed by atoms with van der Waals surface area (Å²) in [5, 5.41) is 13.1. The van der Waals surface area contributed by atoms with E-state index in [0.717, 1.165) is 5.56 Å². The smallest absolute Gasteiger partial charge is 0.148 e. The molecular formula is C58H60N3OPt-. The molecule has 63 heavy (non-hydrogen) atoms. The van der Waals surface area contributed by atoms with Crippen LogP contribution in [0.2, 0.25) is 0 Å². The first-order valence-electron chi connectivity index (χ1n) is 31.6. The number of rotatable bonds is 8. The van der Waals surface area contributed by atoms with Gasteiger partial charge in [0.05, 0.1) is 29.1 Å². The van der Waals surface area contributed by atoms with E-state index in [1.54, 1.807) is 48.5 Å². The average Bonchev–Trinajstić information content (AvgIpc) is 0.778. The quantitative estimate of drug-likeness (QED) is 0.154. The van der Waals surface area contributed by atoms with Crippen LogP contribution in [0.15, 0.2) is 140 Å². The van der Waals surface area contributed by atoms with Crippen LogP contribution in [0.4, 0.5) is 0 Å². The number of pyridine rings is 1. The second-order valence-corrected chi connectivity index (χ2v) is 17.1. The predicted octanol–water partition coefficient (Wildman–Crippen LogP) is 15.3. The van der Waals surface area contributed by atoms with Gasteiger partial charge >= 0.3 is 0 Å². The standard InChI is InChI=1S/C58H60N3O.Pt/c1-37(2)29-38-25-26-51(47(30-38)40-21-16-13-17-22-40)61-52-24-18-23-46(53(52)60-55(61)48-35-45(57(6,7)8)36-49(54(48)62)58(9,10)11)42-31-43(33-44(32-42)56(3,4)5)50-34-41(27-28-59-50)39-19-14-12-15-20-39;/h12-28,30,32-37,62H,29H2,1-11H3;/q-1;/i6D3,7D3,8D3,9D3,10D3,11D3,12D,14D,15D,19D,20D;. The number of aromatic nitrogens is 3. The van der Waals surface area contributed by atoms with E-state index in [2.05, 4.69) is 11.1 Å². The van der Waals surface area contributed by atoms with Gasteiger partial charge in [-0.05, 0) is 86.7 Å². The average molecular weight is 1030 g/mol. The van der Waals surface area contributed by atoms with Gasteiger partial charge in [-0.2, -0.15) is 0 Å². The minimum atomic E-state index is -4.19. The summed E-state index contributed by atoms with van der Waals surface area (Å²) in [6, 6.07) is 27.8. The van der Waals surface area contributed by atoms with Crippen LogP contribution in [0, 0.1) is 12.0 Å². The molecule has 0 saturated heterocycles. The van der Waals surface area contributed by atoms with Gasteiger partial charge in [0.2, 0.25) is 0 Å². The van der Waals surface area contributed by atoms with E-state index in [4.69, 9.17) is 36.5 Å². The van der Waals surface area contributed by atoms with Gasteiger partial charge in [0.1, 0.15) is 11.6 Å². The van der Waals surface area contributed by atoms with Crippen LogP contribution in [0.1, 0.15) is 130 Å². The number of nitrogens with zero attached hydrogens (tertiary/aromatic N) is 3. The molecule has 324 valence electrons. The molecule has 0 aliphatic rings. The van der Waals surface area contributed by atoms with E-state index in [1.165, 1.54) is 16.8 Å². The number of phenols is 1. The molecule has 0 unspecified atom stereocenters. The Morgan fingerprint density at radius 2 is 1.40 bits per heavy atom. The van der Waals surface area contributed by atoms with Gasteiger partial charge in [-0.15, -0.1) is 29.3 Å². The van der Waals surface area contributed by atoms with Crippen molar-refractivity contribution in [2.75, 3.05) is 0 Å². The molecule has 0 saturated carbocycles. The Kier molecular flexibility index (Phi) is 6.81.